The topological polar surface area (TPSA) is 37.5 Å². The molecule has 0 radical (unpaired) electrons. The summed E-state index contributed by atoms with van der Waals surface area (Å²) in [5.74, 6) is 0.748. The molecule has 3 rings (SSSR count). The van der Waals surface area contributed by atoms with Crippen LogP contribution in [0.15, 0.2) is 40.9 Å². The number of fused-ring (bicyclic) bond motifs is 1. The first-order chi connectivity index (χ1) is 9.29. The van der Waals surface area contributed by atoms with E-state index in [2.05, 4.69) is 4.98 Å². The molecule has 2 heterocycles. The number of aromatic nitrogens is 2. The maximum absolute atomic E-state index is 9.48. The second-order valence-electron chi connectivity index (χ2n) is 3.96. The molecule has 0 spiro atoms. The zero-order valence-corrected chi connectivity index (χ0v) is 12.3. The number of thiazole rings is 1. The molecule has 0 fully saturated rings. The molecule has 1 aromatic carbocycles. The summed E-state index contributed by atoms with van der Waals surface area (Å²) < 4.78 is 1.93. The minimum absolute atomic E-state index is 0.0112. The molecule has 6 heteroatoms. The van der Waals surface area contributed by atoms with Crippen LogP contribution in [-0.4, -0.2) is 14.5 Å². The Morgan fingerprint density at radius 3 is 3.00 bits per heavy atom. The van der Waals surface area contributed by atoms with Crippen molar-refractivity contribution < 1.29 is 5.11 Å². The van der Waals surface area contributed by atoms with Crippen molar-refractivity contribution in [1.29, 1.82) is 0 Å². The molecule has 0 aliphatic rings. The minimum atomic E-state index is -0.0112. The van der Waals surface area contributed by atoms with Gasteiger partial charge in [0.25, 0.3) is 0 Å². The third kappa shape index (κ3) is 2.51. The van der Waals surface area contributed by atoms with E-state index in [1.165, 1.54) is 0 Å². The van der Waals surface area contributed by atoms with Gasteiger partial charge < -0.3 is 5.11 Å². The zero-order valence-electron chi connectivity index (χ0n) is 9.91. The third-order valence-corrected chi connectivity index (χ3v) is 4.98. The molecule has 1 N–H and O–H groups in total. The quantitative estimate of drug-likeness (QED) is 0.744. The van der Waals surface area contributed by atoms with Gasteiger partial charge in [-0.25, -0.2) is 4.98 Å². The van der Waals surface area contributed by atoms with Gasteiger partial charge in [-0.1, -0.05) is 41.6 Å². The van der Waals surface area contributed by atoms with E-state index in [-0.39, 0.29) is 6.61 Å². The zero-order chi connectivity index (χ0) is 13.2. The smallest absolute Gasteiger partial charge is 0.195 e. The van der Waals surface area contributed by atoms with Crippen molar-refractivity contribution >= 4 is 39.7 Å². The Morgan fingerprint density at radius 2 is 2.21 bits per heavy atom. The average Bonchev–Trinajstić information content (AvgIpc) is 2.97. The second kappa shape index (κ2) is 5.54. The highest BCUT2D eigenvalue weighted by atomic mass is 35.5. The van der Waals surface area contributed by atoms with Crippen LogP contribution in [0.25, 0.3) is 4.96 Å². The van der Waals surface area contributed by atoms with Crippen LogP contribution in [0.3, 0.4) is 0 Å². The molecule has 2 aromatic heterocycles. The fraction of sp³-hybridized carbons (Fsp3) is 0.154. The van der Waals surface area contributed by atoms with E-state index in [4.69, 9.17) is 11.6 Å². The fourth-order valence-electron chi connectivity index (χ4n) is 1.83. The molecular weight excluding hydrogens is 300 g/mol. The maximum Gasteiger partial charge on any atom is 0.195 e. The molecular formula is C13H11ClN2OS2. The van der Waals surface area contributed by atoms with Gasteiger partial charge in [0.05, 0.1) is 12.3 Å². The highest BCUT2D eigenvalue weighted by Crippen LogP contribution is 2.30. The van der Waals surface area contributed by atoms with E-state index in [1.54, 1.807) is 23.1 Å². The van der Waals surface area contributed by atoms with Gasteiger partial charge in [0.15, 0.2) is 4.96 Å². The monoisotopic (exact) mass is 310 g/mol. The van der Waals surface area contributed by atoms with Crippen LogP contribution in [-0.2, 0) is 12.4 Å². The van der Waals surface area contributed by atoms with Gasteiger partial charge in [0, 0.05) is 22.4 Å². The maximum atomic E-state index is 9.48. The summed E-state index contributed by atoms with van der Waals surface area (Å²) >= 11 is 9.30. The first-order valence-electron chi connectivity index (χ1n) is 5.71. The fourth-order valence-corrected chi connectivity index (χ4v) is 3.93. The Morgan fingerprint density at radius 1 is 1.37 bits per heavy atom. The Balaban J connectivity index is 1.85. The molecule has 0 bridgehead atoms. The van der Waals surface area contributed by atoms with Gasteiger partial charge in [0.2, 0.25) is 0 Å². The molecule has 98 valence electrons. The molecule has 0 saturated heterocycles. The van der Waals surface area contributed by atoms with E-state index in [0.717, 1.165) is 32.0 Å². The van der Waals surface area contributed by atoms with Crippen LogP contribution < -0.4 is 0 Å². The van der Waals surface area contributed by atoms with E-state index in [0.29, 0.717) is 0 Å². The summed E-state index contributed by atoms with van der Waals surface area (Å²) in [5.41, 5.74) is 1.92. The normalized spacial score (nSPS) is 11.3. The Hall–Kier alpha value is -1.01. The predicted octanol–water partition coefficient (Wildman–Crippen LogP) is 3.83. The van der Waals surface area contributed by atoms with Crippen LogP contribution in [0.5, 0.6) is 0 Å². The SMILES string of the molecule is OCc1c(SCc2ccccc2Cl)nc2sccn12. The lowest BCUT2D eigenvalue weighted by atomic mass is 10.2. The number of hydrogen-bond donors (Lipinski definition) is 1. The number of aliphatic hydroxyl groups is 1. The molecule has 0 unspecified atom stereocenters. The molecule has 0 aliphatic carbocycles. The van der Waals surface area contributed by atoms with Gasteiger partial charge in [-0.05, 0) is 11.6 Å². The third-order valence-electron chi connectivity index (χ3n) is 2.80. The second-order valence-corrected chi connectivity index (χ2v) is 6.20. The van der Waals surface area contributed by atoms with Gasteiger partial charge in [-0.3, -0.25) is 4.40 Å². The lowest BCUT2D eigenvalue weighted by Gasteiger charge is -2.03. The molecule has 3 aromatic rings. The molecule has 0 amide bonds. The highest BCUT2D eigenvalue weighted by Gasteiger charge is 2.13. The van der Waals surface area contributed by atoms with Crippen molar-refractivity contribution in [1.82, 2.24) is 9.38 Å². The molecule has 19 heavy (non-hydrogen) atoms. The van der Waals surface area contributed by atoms with Crippen LogP contribution in [0.4, 0.5) is 0 Å². The minimum Gasteiger partial charge on any atom is -0.390 e. The number of imidazole rings is 1. The van der Waals surface area contributed by atoms with Crippen molar-refractivity contribution in [3.8, 4) is 0 Å². The molecule has 3 nitrogen and oxygen atoms in total. The van der Waals surface area contributed by atoms with Crippen molar-refractivity contribution in [3.05, 3.63) is 52.1 Å². The van der Waals surface area contributed by atoms with Crippen molar-refractivity contribution in [2.75, 3.05) is 0 Å². The van der Waals surface area contributed by atoms with Crippen LogP contribution in [0, 0.1) is 0 Å². The Bertz CT molecular complexity index is 708. The van der Waals surface area contributed by atoms with Crippen LogP contribution in [0.2, 0.25) is 5.02 Å². The Labute approximate surface area is 123 Å². The predicted molar refractivity (Wildman–Crippen MR) is 80.0 cm³/mol. The number of hydrogen-bond acceptors (Lipinski definition) is 4. The summed E-state index contributed by atoms with van der Waals surface area (Å²) in [6, 6.07) is 7.78. The van der Waals surface area contributed by atoms with Gasteiger partial charge in [0.1, 0.15) is 5.03 Å². The summed E-state index contributed by atoms with van der Waals surface area (Å²) in [5, 5.41) is 13.1. The summed E-state index contributed by atoms with van der Waals surface area (Å²) in [7, 11) is 0. The number of thioether (sulfide) groups is 1. The van der Waals surface area contributed by atoms with Crippen molar-refractivity contribution in [2.45, 2.75) is 17.4 Å². The summed E-state index contributed by atoms with van der Waals surface area (Å²) in [6.45, 7) is -0.0112. The van der Waals surface area contributed by atoms with E-state index in [1.807, 2.05) is 40.2 Å². The van der Waals surface area contributed by atoms with E-state index < -0.39 is 0 Å². The number of halogens is 1. The summed E-state index contributed by atoms with van der Waals surface area (Å²) in [6.07, 6.45) is 1.93. The first-order valence-corrected chi connectivity index (χ1v) is 7.95. The van der Waals surface area contributed by atoms with Crippen molar-refractivity contribution in [3.63, 3.8) is 0 Å². The highest BCUT2D eigenvalue weighted by molar-refractivity contribution is 7.98. The number of aliphatic hydroxyl groups excluding tert-OH is 1. The van der Waals surface area contributed by atoms with Crippen LogP contribution in [0.1, 0.15) is 11.3 Å². The number of nitrogens with zero attached hydrogens (tertiary/aromatic N) is 2. The molecule has 0 aliphatic heterocycles. The van der Waals surface area contributed by atoms with Gasteiger partial charge in [-0.2, -0.15) is 0 Å². The van der Waals surface area contributed by atoms with Gasteiger partial charge >= 0.3 is 0 Å². The first kappa shape index (κ1) is 13.0. The standard InChI is InChI=1S/C13H11ClN2OS2/c14-10-4-2-1-3-9(10)8-19-12-11(7-17)16-5-6-18-13(16)15-12/h1-6,17H,7-8H2. The molecule has 0 atom stereocenters. The Kier molecular flexibility index (Phi) is 3.79. The largest absolute Gasteiger partial charge is 0.390 e. The lowest BCUT2D eigenvalue weighted by molar-refractivity contribution is 0.272. The van der Waals surface area contributed by atoms with Gasteiger partial charge in [-0.15, -0.1) is 11.3 Å². The average molecular weight is 311 g/mol. The van der Waals surface area contributed by atoms with Crippen molar-refractivity contribution in [2.24, 2.45) is 0 Å². The number of rotatable bonds is 4. The summed E-state index contributed by atoms with van der Waals surface area (Å²) in [4.78, 5) is 5.44. The number of benzene rings is 1. The van der Waals surface area contributed by atoms with E-state index in [9.17, 15) is 5.11 Å². The lowest BCUT2D eigenvalue weighted by Crippen LogP contribution is -1.91. The van der Waals surface area contributed by atoms with Crippen LogP contribution >= 0.6 is 34.7 Å². The van der Waals surface area contributed by atoms with E-state index >= 15 is 0 Å². The molecule has 0 saturated carbocycles.